The highest BCUT2D eigenvalue weighted by Gasteiger charge is 2.15. The fourth-order valence-electron chi connectivity index (χ4n) is 1.25. The lowest BCUT2D eigenvalue weighted by Gasteiger charge is -2.21. The van der Waals surface area contributed by atoms with Crippen molar-refractivity contribution in [2.45, 2.75) is 26.8 Å². The summed E-state index contributed by atoms with van der Waals surface area (Å²) in [6.45, 7) is 6.75. The Labute approximate surface area is 96.7 Å². The van der Waals surface area contributed by atoms with Crippen LogP contribution >= 0.6 is 0 Å². The molecule has 0 aliphatic heterocycles. The second-order valence-electron chi connectivity index (χ2n) is 3.95. The first-order valence-corrected chi connectivity index (χ1v) is 5.54. The van der Waals surface area contributed by atoms with E-state index in [1.807, 2.05) is 32.9 Å². The Bertz CT molecular complexity index is 363. The van der Waals surface area contributed by atoms with Gasteiger partial charge < -0.3 is 10.2 Å². The smallest absolute Gasteiger partial charge is 0.272 e. The summed E-state index contributed by atoms with van der Waals surface area (Å²) in [6, 6.07) is 5.61. The maximum absolute atomic E-state index is 12.0. The van der Waals surface area contributed by atoms with Gasteiger partial charge in [-0.2, -0.15) is 0 Å². The lowest BCUT2D eigenvalue weighted by Crippen LogP contribution is -2.33. The highest BCUT2D eigenvalue weighted by molar-refractivity contribution is 5.92. The quantitative estimate of drug-likeness (QED) is 0.845. The first kappa shape index (κ1) is 12.5. The molecular weight excluding hydrogens is 202 g/mol. The standard InChI is InChI=1S/C12H19N3O/c1-5-13-11-8-6-7-10(14-11)12(16)15(4)9(2)3/h6-9H,5H2,1-4H3,(H,13,14). The molecule has 0 aliphatic rings. The summed E-state index contributed by atoms with van der Waals surface area (Å²) in [4.78, 5) is 17.9. The van der Waals surface area contributed by atoms with Crippen molar-refractivity contribution in [3.8, 4) is 0 Å². The number of hydrogen-bond acceptors (Lipinski definition) is 3. The zero-order valence-corrected chi connectivity index (χ0v) is 10.3. The normalized spacial score (nSPS) is 10.3. The van der Waals surface area contributed by atoms with Gasteiger partial charge >= 0.3 is 0 Å². The third kappa shape index (κ3) is 2.95. The number of aromatic nitrogens is 1. The molecule has 88 valence electrons. The molecule has 1 amide bonds. The zero-order valence-electron chi connectivity index (χ0n) is 10.3. The van der Waals surface area contributed by atoms with E-state index in [1.54, 1.807) is 18.0 Å². The van der Waals surface area contributed by atoms with Crippen molar-refractivity contribution < 1.29 is 4.79 Å². The van der Waals surface area contributed by atoms with Crippen LogP contribution in [0.15, 0.2) is 18.2 Å². The monoisotopic (exact) mass is 221 g/mol. The van der Waals surface area contributed by atoms with Crippen LogP contribution < -0.4 is 5.32 Å². The van der Waals surface area contributed by atoms with Gasteiger partial charge in [-0.25, -0.2) is 4.98 Å². The molecule has 0 atom stereocenters. The largest absolute Gasteiger partial charge is 0.370 e. The van der Waals surface area contributed by atoms with Crippen LogP contribution in [0.2, 0.25) is 0 Å². The SMILES string of the molecule is CCNc1cccc(C(=O)N(C)C(C)C)n1. The Hall–Kier alpha value is -1.58. The van der Waals surface area contributed by atoms with Crippen LogP contribution in [0.3, 0.4) is 0 Å². The first-order valence-electron chi connectivity index (χ1n) is 5.54. The van der Waals surface area contributed by atoms with Crippen molar-refractivity contribution in [1.29, 1.82) is 0 Å². The van der Waals surface area contributed by atoms with E-state index in [0.29, 0.717) is 5.69 Å². The topological polar surface area (TPSA) is 45.2 Å². The van der Waals surface area contributed by atoms with Gasteiger partial charge in [0.25, 0.3) is 5.91 Å². The predicted octanol–water partition coefficient (Wildman–Crippen LogP) is 1.99. The maximum atomic E-state index is 12.0. The van der Waals surface area contributed by atoms with Gasteiger partial charge in [0.1, 0.15) is 11.5 Å². The fraction of sp³-hybridized carbons (Fsp3) is 0.500. The van der Waals surface area contributed by atoms with E-state index in [-0.39, 0.29) is 11.9 Å². The predicted molar refractivity (Wildman–Crippen MR) is 65.6 cm³/mol. The number of amides is 1. The molecular formula is C12H19N3O. The third-order valence-electron chi connectivity index (χ3n) is 2.42. The van der Waals surface area contributed by atoms with Crippen molar-refractivity contribution in [2.24, 2.45) is 0 Å². The molecule has 0 bridgehead atoms. The number of carbonyl (C=O) groups is 1. The third-order valence-corrected chi connectivity index (χ3v) is 2.42. The molecule has 1 aromatic heterocycles. The summed E-state index contributed by atoms with van der Waals surface area (Å²) in [5.41, 5.74) is 0.481. The van der Waals surface area contributed by atoms with Crippen molar-refractivity contribution in [2.75, 3.05) is 18.9 Å². The minimum absolute atomic E-state index is 0.0465. The Balaban J connectivity index is 2.87. The Kier molecular flexibility index (Phi) is 4.28. The van der Waals surface area contributed by atoms with Crippen molar-refractivity contribution in [3.63, 3.8) is 0 Å². The van der Waals surface area contributed by atoms with Gasteiger partial charge in [0.15, 0.2) is 0 Å². The molecule has 1 rings (SSSR count). The van der Waals surface area contributed by atoms with Gasteiger partial charge in [0.2, 0.25) is 0 Å². The average molecular weight is 221 g/mol. The molecule has 0 aromatic carbocycles. The molecule has 0 saturated carbocycles. The lowest BCUT2D eigenvalue weighted by molar-refractivity contribution is 0.0749. The van der Waals surface area contributed by atoms with E-state index in [0.717, 1.165) is 12.4 Å². The molecule has 4 heteroatoms. The Morgan fingerprint density at radius 3 is 2.75 bits per heavy atom. The van der Waals surface area contributed by atoms with E-state index in [4.69, 9.17) is 0 Å². The molecule has 0 fully saturated rings. The van der Waals surface area contributed by atoms with Crippen molar-refractivity contribution >= 4 is 11.7 Å². The summed E-state index contributed by atoms with van der Waals surface area (Å²) >= 11 is 0. The molecule has 1 N–H and O–H groups in total. The van der Waals surface area contributed by atoms with Crippen molar-refractivity contribution in [1.82, 2.24) is 9.88 Å². The van der Waals surface area contributed by atoms with Crippen LogP contribution in [0.4, 0.5) is 5.82 Å². The zero-order chi connectivity index (χ0) is 12.1. The lowest BCUT2D eigenvalue weighted by atomic mass is 10.2. The number of anilines is 1. The molecule has 0 spiro atoms. The van der Waals surface area contributed by atoms with Gasteiger partial charge in [0.05, 0.1) is 0 Å². The van der Waals surface area contributed by atoms with Crippen LogP contribution in [0.5, 0.6) is 0 Å². The van der Waals surface area contributed by atoms with Crippen LogP contribution in [-0.2, 0) is 0 Å². The highest BCUT2D eigenvalue weighted by atomic mass is 16.2. The molecule has 0 unspecified atom stereocenters. The number of hydrogen-bond donors (Lipinski definition) is 1. The van der Waals surface area contributed by atoms with E-state index < -0.39 is 0 Å². The van der Waals surface area contributed by atoms with E-state index in [1.165, 1.54) is 0 Å². The van der Waals surface area contributed by atoms with Gasteiger partial charge in [-0.05, 0) is 32.9 Å². The minimum Gasteiger partial charge on any atom is -0.370 e. The Morgan fingerprint density at radius 2 is 2.19 bits per heavy atom. The van der Waals surface area contributed by atoms with E-state index in [2.05, 4.69) is 10.3 Å². The first-order chi connectivity index (χ1) is 7.56. The van der Waals surface area contributed by atoms with E-state index in [9.17, 15) is 4.79 Å². The van der Waals surface area contributed by atoms with Crippen LogP contribution in [-0.4, -0.2) is 35.4 Å². The average Bonchev–Trinajstić information content (AvgIpc) is 2.28. The second-order valence-corrected chi connectivity index (χ2v) is 3.95. The minimum atomic E-state index is -0.0465. The fourth-order valence-corrected chi connectivity index (χ4v) is 1.25. The summed E-state index contributed by atoms with van der Waals surface area (Å²) in [6.07, 6.45) is 0. The summed E-state index contributed by atoms with van der Waals surface area (Å²) in [7, 11) is 1.79. The van der Waals surface area contributed by atoms with Gasteiger partial charge in [-0.3, -0.25) is 4.79 Å². The van der Waals surface area contributed by atoms with Crippen LogP contribution in [0.25, 0.3) is 0 Å². The maximum Gasteiger partial charge on any atom is 0.272 e. The highest BCUT2D eigenvalue weighted by Crippen LogP contribution is 2.08. The van der Waals surface area contributed by atoms with Crippen LogP contribution in [0.1, 0.15) is 31.3 Å². The molecule has 0 saturated heterocycles. The summed E-state index contributed by atoms with van der Waals surface area (Å²) in [5.74, 6) is 0.695. The molecule has 1 heterocycles. The molecule has 0 radical (unpaired) electrons. The summed E-state index contributed by atoms with van der Waals surface area (Å²) < 4.78 is 0. The summed E-state index contributed by atoms with van der Waals surface area (Å²) in [5, 5.41) is 3.09. The number of rotatable bonds is 4. The number of nitrogens with zero attached hydrogens (tertiary/aromatic N) is 2. The number of pyridine rings is 1. The number of carbonyl (C=O) groups excluding carboxylic acids is 1. The van der Waals surface area contributed by atoms with Gasteiger partial charge in [0, 0.05) is 19.6 Å². The van der Waals surface area contributed by atoms with Gasteiger partial charge in [-0.1, -0.05) is 6.07 Å². The molecule has 0 aliphatic carbocycles. The Morgan fingerprint density at radius 1 is 1.50 bits per heavy atom. The second kappa shape index (κ2) is 5.49. The number of nitrogens with one attached hydrogen (secondary N) is 1. The van der Waals surface area contributed by atoms with Crippen molar-refractivity contribution in [3.05, 3.63) is 23.9 Å². The molecule has 16 heavy (non-hydrogen) atoms. The van der Waals surface area contributed by atoms with Crippen LogP contribution in [0, 0.1) is 0 Å². The van der Waals surface area contributed by atoms with E-state index >= 15 is 0 Å². The molecule has 1 aromatic rings. The molecule has 4 nitrogen and oxygen atoms in total. The van der Waals surface area contributed by atoms with Gasteiger partial charge in [-0.15, -0.1) is 0 Å².